The van der Waals surface area contributed by atoms with Gasteiger partial charge >= 0.3 is 18.1 Å². The van der Waals surface area contributed by atoms with Gasteiger partial charge in [0.05, 0.1) is 42.4 Å². The molecule has 3 aliphatic rings. The summed E-state index contributed by atoms with van der Waals surface area (Å²) < 4.78 is 50.9. The van der Waals surface area contributed by atoms with Crippen molar-refractivity contribution in [1.29, 1.82) is 0 Å². The fraction of sp³-hybridized carbons (Fsp3) is 0.448. The van der Waals surface area contributed by atoms with Crippen LogP contribution in [-0.2, 0) is 34.8 Å². The molecule has 0 aromatic heterocycles. The molecule has 0 bridgehead atoms. The van der Waals surface area contributed by atoms with Gasteiger partial charge in [0.1, 0.15) is 11.6 Å². The van der Waals surface area contributed by atoms with E-state index in [0.29, 0.717) is 0 Å². The zero-order valence-electron chi connectivity index (χ0n) is 22.3. The van der Waals surface area contributed by atoms with Crippen LogP contribution < -0.4 is 4.90 Å². The second-order valence-electron chi connectivity index (χ2n) is 10.3. The number of ether oxygens (including phenoxy) is 2. The van der Waals surface area contributed by atoms with Gasteiger partial charge in [-0.2, -0.15) is 13.2 Å². The monoisotopic (exact) mass is 574 g/mol. The van der Waals surface area contributed by atoms with Gasteiger partial charge in [-0.1, -0.05) is 30.3 Å². The Labute approximate surface area is 233 Å². The molecular formula is C29H29F3N2O7. The van der Waals surface area contributed by atoms with E-state index >= 15 is 0 Å². The number of imide groups is 1. The van der Waals surface area contributed by atoms with Gasteiger partial charge in [-0.15, -0.1) is 0 Å². The molecule has 0 unspecified atom stereocenters. The van der Waals surface area contributed by atoms with Gasteiger partial charge in [0, 0.05) is 12.5 Å². The number of nitrogens with zero attached hydrogens (tertiary/aromatic N) is 2. The topological polar surface area (TPSA) is 113 Å². The molecule has 0 radical (unpaired) electrons. The summed E-state index contributed by atoms with van der Waals surface area (Å²) in [5.41, 5.74) is -2.45. The molecule has 1 N–H and O–H groups in total. The first-order valence-electron chi connectivity index (χ1n) is 13.4. The molecule has 2 aromatic carbocycles. The maximum Gasteiger partial charge on any atom is 0.416 e. The number of hydrogen-bond acceptors (Lipinski definition) is 8. The lowest BCUT2D eigenvalue weighted by atomic mass is 9.73. The molecule has 41 heavy (non-hydrogen) atoms. The van der Waals surface area contributed by atoms with Crippen LogP contribution in [0.3, 0.4) is 0 Å². The van der Waals surface area contributed by atoms with Crippen LogP contribution in [0.15, 0.2) is 54.6 Å². The lowest BCUT2D eigenvalue weighted by molar-refractivity contribution is -0.180. The molecule has 5 rings (SSSR count). The number of alkyl halides is 3. The molecule has 0 spiro atoms. The first-order chi connectivity index (χ1) is 19.5. The summed E-state index contributed by atoms with van der Waals surface area (Å²) in [6.07, 6.45) is -6.38. The van der Waals surface area contributed by atoms with Crippen molar-refractivity contribution in [1.82, 2.24) is 4.90 Å². The molecule has 0 saturated carbocycles. The molecule has 3 fully saturated rings. The number of hydrogen-bond donors (Lipinski definition) is 1. The Balaban J connectivity index is 1.75. The van der Waals surface area contributed by atoms with E-state index in [1.807, 2.05) is 0 Å². The van der Waals surface area contributed by atoms with Crippen molar-refractivity contribution in [3.05, 3.63) is 65.7 Å². The molecule has 218 valence electrons. The molecule has 12 heteroatoms. The van der Waals surface area contributed by atoms with Crippen molar-refractivity contribution in [2.45, 2.75) is 56.6 Å². The molecule has 9 nitrogen and oxygen atoms in total. The number of rotatable bonds is 6. The summed E-state index contributed by atoms with van der Waals surface area (Å²) in [6.45, 7) is 3.01. The Morgan fingerprint density at radius 3 is 2.20 bits per heavy atom. The van der Waals surface area contributed by atoms with Crippen LogP contribution in [0, 0.1) is 11.8 Å². The van der Waals surface area contributed by atoms with Crippen LogP contribution in [0.1, 0.15) is 43.9 Å². The third-order valence-corrected chi connectivity index (χ3v) is 8.13. The maximum absolute atomic E-state index is 14.2. The predicted octanol–water partition coefficient (Wildman–Crippen LogP) is 3.26. The Morgan fingerprint density at radius 1 is 0.976 bits per heavy atom. The van der Waals surface area contributed by atoms with E-state index in [0.717, 1.165) is 17.0 Å². The second kappa shape index (κ2) is 10.6. The first-order valence-corrected chi connectivity index (χ1v) is 13.4. The molecule has 2 amide bonds. The fourth-order valence-corrected chi connectivity index (χ4v) is 6.70. The number of esters is 2. The third-order valence-electron chi connectivity index (χ3n) is 8.13. The number of benzene rings is 2. The van der Waals surface area contributed by atoms with Crippen molar-refractivity contribution < 1.29 is 46.9 Å². The summed E-state index contributed by atoms with van der Waals surface area (Å²) in [5, 5.41) is 11.0. The van der Waals surface area contributed by atoms with Crippen LogP contribution in [0.5, 0.6) is 0 Å². The minimum absolute atomic E-state index is 0.0247. The van der Waals surface area contributed by atoms with Gasteiger partial charge < -0.3 is 14.6 Å². The van der Waals surface area contributed by atoms with Crippen LogP contribution >= 0.6 is 0 Å². The number of halogens is 3. The highest BCUT2D eigenvalue weighted by Gasteiger charge is 2.75. The van der Waals surface area contributed by atoms with E-state index in [-0.39, 0.29) is 37.3 Å². The normalized spacial score (nSPS) is 29.7. The Morgan fingerprint density at radius 2 is 1.61 bits per heavy atom. The number of anilines is 1. The van der Waals surface area contributed by atoms with Crippen LogP contribution in [0.25, 0.3) is 0 Å². The number of aliphatic hydroxyl groups excluding tert-OH is 1. The van der Waals surface area contributed by atoms with Gasteiger partial charge in [-0.25, -0.2) is 4.90 Å². The fourth-order valence-electron chi connectivity index (χ4n) is 6.70. The lowest BCUT2D eigenvalue weighted by Crippen LogP contribution is -2.67. The summed E-state index contributed by atoms with van der Waals surface area (Å²) in [5.74, 6) is -5.77. The highest BCUT2D eigenvalue weighted by molar-refractivity contribution is 6.24. The highest BCUT2D eigenvalue weighted by atomic mass is 19.4. The van der Waals surface area contributed by atoms with Gasteiger partial charge in [-0.05, 0) is 50.1 Å². The number of carbonyl (C=O) groups excluding carboxylic acids is 4. The minimum Gasteiger partial charge on any atom is -0.465 e. The van der Waals surface area contributed by atoms with E-state index in [1.54, 1.807) is 44.2 Å². The van der Waals surface area contributed by atoms with Crippen molar-refractivity contribution in [3.63, 3.8) is 0 Å². The van der Waals surface area contributed by atoms with E-state index in [4.69, 9.17) is 9.47 Å². The largest absolute Gasteiger partial charge is 0.465 e. The number of aliphatic hydroxyl groups is 1. The third kappa shape index (κ3) is 4.49. The predicted molar refractivity (Wildman–Crippen MR) is 137 cm³/mol. The summed E-state index contributed by atoms with van der Waals surface area (Å²) in [6, 6.07) is 9.66. The number of amides is 2. The molecule has 6 atom stereocenters. The van der Waals surface area contributed by atoms with Gasteiger partial charge in [0.15, 0.2) is 0 Å². The van der Waals surface area contributed by atoms with Gasteiger partial charge in [0.25, 0.3) is 0 Å². The summed E-state index contributed by atoms with van der Waals surface area (Å²) >= 11 is 0. The molecular weight excluding hydrogens is 545 g/mol. The zero-order chi connectivity index (χ0) is 29.7. The summed E-state index contributed by atoms with van der Waals surface area (Å²) in [4.78, 5) is 57.8. The van der Waals surface area contributed by atoms with Crippen molar-refractivity contribution in [2.24, 2.45) is 11.8 Å². The number of fused-ring (bicyclic) bond motifs is 3. The average Bonchev–Trinajstić information content (AvgIpc) is 3.38. The maximum atomic E-state index is 14.2. The standard InChI is InChI=1S/C29H29F3N2O7/c1-3-40-26(38)20-14-19(35)15-28(27(39)41-4-2)22-21(24(36)33(25(22)37)18-8-6-5-7-9-18)23(34(20)28)16-10-12-17(13-11-16)29(30,31)32/h5-13,19-23,35H,3-4,14-15H2,1-2H3/t19-,20-,21-,22-,23-,28-/m1/s1. The van der Waals surface area contributed by atoms with Crippen LogP contribution in [0.2, 0.25) is 0 Å². The molecule has 0 aliphatic carbocycles. The molecule has 3 saturated heterocycles. The van der Waals surface area contributed by atoms with E-state index < -0.39 is 71.1 Å². The Hall–Kier alpha value is -3.77. The smallest absolute Gasteiger partial charge is 0.416 e. The molecule has 3 aliphatic heterocycles. The van der Waals surface area contributed by atoms with Crippen molar-refractivity contribution in [3.8, 4) is 0 Å². The quantitative estimate of drug-likeness (QED) is 0.413. The van der Waals surface area contributed by atoms with E-state index in [9.17, 15) is 37.5 Å². The first kappa shape index (κ1) is 28.7. The van der Waals surface area contributed by atoms with Crippen LogP contribution in [0.4, 0.5) is 18.9 Å². The Kier molecular flexibility index (Phi) is 7.41. The zero-order valence-corrected chi connectivity index (χ0v) is 22.3. The van der Waals surface area contributed by atoms with Gasteiger partial charge in [-0.3, -0.25) is 24.1 Å². The van der Waals surface area contributed by atoms with Crippen LogP contribution in [-0.4, -0.2) is 64.7 Å². The van der Waals surface area contributed by atoms with E-state index in [2.05, 4.69) is 0 Å². The molecule has 3 heterocycles. The number of para-hydroxylation sites is 1. The average molecular weight is 575 g/mol. The molecule has 2 aromatic rings. The Bertz CT molecular complexity index is 1350. The van der Waals surface area contributed by atoms with Crippen molar-refractivity contribution >= 4 is 29.4 Å². The number of piperidine rings is 1. The number of carbonyl (C=O) groups is 4. The van der Waals surface area contributed by atoms with E-state index in [1.165, 1.54) is 17.0 Å². The second-order valence-corrected chi connectivity index (χ2v) is 10.3. The lowest BCUT2D eigenvalue weighted by Gasteiger charge is -2.49. The van der Waals surface area contributed by atoms with Crippen molar-refractivity contribution in [2.75, 3.05) is 18.1 Å². The van der Waals surface area contributed by atoms with Gasteiger partial charge in [0.2, 0.25) is 11.8 Å². The SMILES string of the molecule is CCOC(=O)[C@H]1C[C@@H](O)C[C@]2(C(=O)OCC)[C@H]3C(=O)N(c4ccccc4)C(=O)[C@H]3[C@@H](c3ccc(C(F)(F)F)cc3)N12. The highest BCUT2D eigenvalue weighted by Crippen LogP contribution is 2.60. The summed E-state index contributed by atoms with van der Waals surface area (Å²) in [7, 11) is 0. The minimum atomic E-state index is -4.63.